The molecule has 3 aromatic heterocycles. The molecule has 3 heteroatoms. The Balaban J connectivity index is 1.89. The van der Waals surface area contributed by atoms with Crippen LogP contribution in [0, 0.1) is 6.85 Å². The Labute approximate surface area is 140 Å². The van der Waals surface area contributed by atoms with Gasteiger partial charge in [0.1, 0.15) is 5.58 Å². The highest BCUT2D eigenvalue weighted by Crippen LogP contribution is 2.34. The van der Waals surface area contributed by atoms with E-state index in [-0.39, 0.29) is 5.56 Å². The van der Waals surface area contributed by atoms with E-state index in [9.17, 15) is 0 Å². The number of fused-ring (bicyclic) bond motifs is 3. The molecule has 0 unspecified atom stereocenters. The fraction of sp³-hybridized carbons (Fsp3) is 0.200. The maximum Gasteiger partial charge on any atom is 0.227 e. The van der Waals surface area contributed by atoms with E-state index < -0.39 is 12.7 Å². The minimum Gasteiger partial charge on any atom is -0.437 e. The number of aromatic nitrogens is 2. The predicted octanol–water partition coefficient (Wildman–Crippen LogP) is 5.47. The van der Waals surface area contributed by atoms with Crippen LogP contribution in [0.4, 0.5) is 0 Å². The molecule has 0 amide bonds. The van der Waals surface area contributed by atoms with Gasteiger partial charge in [-0.05, 0) is 42.6 Å². The fourth-order valence-corrected chi connectivity index (χ4v) is 2.71. The lowest BCUT2D eigenvalue weighted by atomic mass is 10.1. The number of para-hydroxylation sites is 1. The van der Waals surface area contributed by atoms with Crippen LogP contribution in [-0.2, 0) is 0 Å². The van der Waals surface area contributed by atoms with E-state index in [4.69, 9.17) is 9.90 Å². The van der Waals surface area contributed by atoms with Crippen molar-refractivity contribution in [3.05, 3.63) is 59.9 Å². The Morgan fingerprint density at radius 1 is 1.09 bits per heavy atom. The van der Waals surface area contributed by atoms with Crippen molar-refractivity contribution in [2.24, 2.45) is 0 Å². The van der Waals surface area contributed by atoms with Crippen molar-refractivity contribution >= 4 is 22.1 Å². The Hall–Kier alpha value is -2.68. The highest BCUT2D eigenvalue weighted by molar-refractivity contribution is 6.08. The predicted molar refractivity (Wildman–Crippen MR) is 93.6 cm³/mol. The standard InChI is InChI=1S/C20H18N2O/c1-12(2)17-10-8-15-14-5-4-6-16(19(14)23-20(15)22-17)18-9-7-13(3)11-21-18/h4-12H,1-3H3/i3D3,12D. The molecule has 114 valence electrons. The molecule has 0 saturated carbocycles. The third-order valence-corrected chi connectivity index (χ3v) is 3.92. The van der Waals surface area contributed by atoms with Gasteiger partial charge in [0.15, 0.2) is 0 Å². The van der Waals surface area contributed by atoms with Gasteiger partial charge in [0.25, 0.3) is 0 Å². The summed E-state index contributed by atoms with van der Waals surface area (Å²) < 4.78 is 36.6. The molecule has 3 nitrogen and oxygen atoms in total. The maximum atomic E-state index is 8.17. The average molecular weight is 306 g/mol. The molecule has 0 aliphatic carbocycles. The first kappa shape index (κ1) is 10.2. The van der Waals surface area contributed by atoms with Gasteiger partial charge in [0.05, 0.1) is 5.69 Å². The number of hydrogen-bond acceptors (Lipinski definition) is 3. The number of hydrogen-bond donors (Lipinski definition) is 0. The largest absolute Gasteiger partial charge is 0.437 e. The summed E-state index contributed by atoms with van der Waals surface area (Å²) in [5, 5.41) is 1.78. The fourth-order valence-electron chi connectivity index (χ4n) is 2.71. The summed E-state index contributed by atoms with van der Waals surface area (Å²) in [6, 6.07) is 12.8. The SMILES string of the molecule is [2H]C([2H])([2H])c1ccc(-c2cccc3c2oc2nc(C([2H])(C)C)ccc23)nc1. The topological polar surface area (TPSA) is 38.9 Å². The van der Waals surface area contributed by atoms with Crippen LogP contribution in [0.2, 0.25) is 0 Å². The highest BCUT2D eigenvalue weighted by atomic mass is 16.3. The van der Waals surface area contributed by atoms with Crippen LogP contribution in [0.15, 0.2) is 53.1 Å². The third-order valence-electron chi connectivity index (χ3n) is 3.92. The van der Waals surface area contributed by atoms with Crippen molar-refractivity contribution in [1.29, 1.82) is 0 Å². The van der Waals surface area contributed by atoms with Crippen molar-refractivity contribution in [2.75, 3.05) is 0 Å². The number of pyridine rings is 2. The van der Waals surface area contributed by atoms with Crippen molar-refractivity contribution in [2.45, 2.75) is 26.6 Å². The van der Waals surface area contributed by atoms with Gasteiger partial charge in [-0.3, -0.25) is 4.98 Å². The summed E-state index contributed by atoms with van der Waals surface area (Å²) in [5.41, 5.74) is 3.37. The minimum absolute atomic E-state index is 0.201. The summed E-state index contributed by atoms with van der Waals surface area (Å²) in [7, 11) is 0. The molecule has 0 radical (unpaired) electrons. The van der Waals surface area contributed by atoms with Crippen LogP contribution >= 0.6 is 0 Å². The molecule has 0 aliphatic rings. The van der Waals surface area contributed by atoms with Crippen LogP contribution in [0.1, 0.15) is 36.5 Å². The summed E-state index contributed by atoms with van der Waals surface area (Å²) in [5.74, 6) is -0.817. The summed E-state index contributed by atoms with van der Waals surface area (Å²) >= 11 is 0. The lowest BCUT2D eigenvalue weighted by molar-refractivity contribution is 0.648. The molecule has 0 N–H and O–H groups in total. The molecule has 0 atom stereocenters. The first-order valence-electron chi connectivity index (χ1n) is 9.44. The van der Waals surface area contributed by atoms with Crippen molar-refractivity contribution in [3.63, 3.8) is 0 Å². The second-order valence-corrected chi connectivity index (χ2v) is 5.77. The molecular weight excluding hydrogens is 284 g/mol. The molecule has 0 spiro atoms. The zero-order chi connectivity index (χ0) is 19.4. The Kier molecular flexibility index (Phi) is 2.30. The van der Waals surface area contributed by atoms with Crippen LogP contribution < -0.4 is 0 Å². The van der Waals surface area contributed by atoms with Gasteiger partial charge >= 0.3 is 0 Å². The number of rotatable bonds is 2. The first-order chi connectivity index (χ1) is 12.6. The summed E-state index contributed by atoms with van der Waals surface area (Å²) in [4.78, 5) is 8.84. The Morgan fingerprint density at radius 3 is 2.74 bits per heavy atom. The van der Waals surface area contributed by atoms with Gasteiger partial charge < -0.3 is 4.42 Å². The zero-order valence-electron chi connectivity index (χ0n) is 16.9. The van der Waals surface area contributed by atoms with Crippen LogP contribution in [0.25, 0.3) is 33.3 Å². The van der Waals surface area contributed by atoms with Gasteiger partial charge in [-0.15, -0.1) is 0 Å². The quantitative estimate of drug-likeness (QED) is 0.492. The Bertz CT molecular complexity index is 1140. The zero-order valence-corrected chi connectivity index (χ0v) is 12.9. The molecule has 0 aliphatic heterocycles. The molecule has 4 aromatic rings. The second-order valence-electron chi connectivity index (χ2n) is 5.77. The van der Waals surface area contributed by atoms with Gasteiger partial charge in [0.2, 0.25) is 5.71 Å². The Morgan fingerprint density at radius 2 is 2.00 bits per heavy atom. The molecule has 23 heavy (non-hydrogen) atoms. The normalized spacial score (nSPS) is 15.2. The van der Waals surface area contributed by atoms with E-state index in [1.54, 1.807) is 26.0 Å². The smallest absolute Gasteiger partial charge is 0.227 e. The minimum atomic E-state index is -2.18. The van der Waals surface area contributed by atoms with Gasteiger partial charge in [-0.25, -0.2) is 4.98 Å². The average Bonchev–Trinajstić information content (AvgIpc) is 2.98. The van der Waals surface area contributed by atoms with Crippen molar-refractivity contribution < 1.29 is 9.90 Å². The number of nitrogens with zero attached hydrogens (tertiary/aromatic N) is 2. The van der Waals surface area contributed by atoms with E-state index >= 15 is 0 Å². The van der Waals surface area contributed by atoms with E-state index in [0.29, 0.717) is 22.7 Å². The van der Waals surface area contributed by atoms with Gasteiger partial charge in [0, 0.05) is 33.7 Å². The molecular formula is C20H18N2O. The lowest BCUT2D eigenvalue weighted by Gasteiger charge is -2.02. The third kappa shape index (κ3) is 2.29. The molecule has 1 aromatic carbocycles. The number of furan rings is 1. The summed E-state index contributed by atoms with van der Waals surface area (Å²) in [6.45, 7) is 1.39. The summed E-state index contributed by atoms with van der Waals surface area (Å²) in [6.07, 6.45) is 1.38. The van der Waals surface area contributed by atoms with Crippen LogP contribution in [0.5, 0.6) is 0 Å². The van der Waals surface area contributed by atoms with Crippen molar-refractivity contribution in [1.82, 2.24) is 9.97 Å². The monoisotopic (exact) mass is 306 g/mol. The molecule has 0 fully saturated rings. The van der Waals surface area contributed by atoms with Gasteiger partial charge in [-0.1, -0.05) is 32.0 Å². The molecule has 4 rings (SSSR count). The van der Waals surface area contributed by atoms with E-state index in [2.05, 4.69) is 9.97 Å². The number of aryl methyl sites for hydroxylation is 1. The maximum absolute atomic E-state index is 8.17. The van der Waals surface area contributed by atoms with Crippen LogP contribution in [-0.4, -0.2) is 9.97 Å². The van der Waals surface area contributed by atoms with E-state index in [0.717, 1.165) is 16.3 Å². The molecule has 0 saturated heterocycles. The molecule has 3 heterocycles. The first-order valence-corrected chi connectivity index (χ1v) is 7.44. The molecule has 0 bridgehead atoms. The van der Waals surface area contributed by atoms with Gasteiger partial charge in [-0.2, -0.15) is 0 Å². The second kappa shape index (κ2) is 5.20. The number of benzene rings is 1. The van der Waals surface area contributed by atoms with Crippen molar-refractivity contribution in [3.8, 4) is 11.3 Å². The lowest BCUT2D eigenvalue weighted by Crippen LogP contribution is -1.90. The highest BCUT2D eigenvalue weighted by Gasteiger charge is 2.14. The van der Waals surface area contributed by atoms with E-state index in [1.165, 1.54) is 6.20 Å². The van der Waals surface area contributed by atoms with E-state index in [1.807, 2.05) is 30.3 Å². The van der Waals surface area contributed by atoms with Crippen LogP contribution in [0.3, 0.4) is 0 Å².